The van der Waals surface area contributed by atoms with Crippen LogP contribution in [0.15, 0.2) is 0 Å². The minimum Gasteiger partial charge on any atom is -0.339 e. The molecule has 17 heavy (non-hydrogen) atoms. The van der Waals surface area contributed by atoms with Gasteiger partial charge >= 0.3 is 0 Å². The van der Waals surface area contributed by atoms with Crippen LogP contribution in [0.4, 0.5) is 0 Å². The van der Waals surface area contributed by atoms with Crippen molar-refractivity contribution in [2.24, 2.45) is 0 Å². The van der Waals surface area contributed by atoms with Gasteiger partial charge in [0.2, 0.25) is 5.91 Å². The van der Waals surface area contributed by atoms with Crippen molar-refractivity contribution in [1.82, 2.24) is 15.1 Å². The fourth-order valence-corrected chi connectivity index (χ4v) is 3.33. The molecule has 0 saturated carbocycles. The highest BCUT2D eigenvalue weighted by molar-refractivity contribution is 7.99. The molecule has 4 nitrogen and oxygen atoms in total. The molecule has 2 saturated heterocycles. The fraction of sp³-hybridized carbons (Fsp3) is 0.917. The van der Waals surface area contributed by atoms with E-state index < -0.39 is 0 Å². The zero-order chi connectivity index (χ0) is 12.3. The predicted octanol–water partition coefficient (Wildman–Crippen LogP) is 0.244. The van der Waals surface area contributed by atoms with Crippen LogP contribution in [0.1, 0.15) is 13.8 Å². The highest BCUT2D eigenvalue weighted by Crippen LogP contribution is 2.12. The molecule has 1 atom stereocenters. The second-order valence-electron chi connectivity index (χ2n) is 5.04. The van der Waals surface area contributed by atoms with Crippen LogP contribution in [0.25, 0.3) is 0 Å². The van der Waals surface area contributed by atoms with E-state index >= 15 is 0 Å². The summed E-state index contributed by atoms with van der Waals surface area (Å²) in [6.07, 6.45) is 0. The van der Waals surface area contributed by atoms with Crippen molar-refractivity contribution in [3.05, 3.63) is 0 Å². The fourth-order valence-electron chi connectivity index (χ4n) is 2.40. The average molecular weight is 257 g/mol. The Bertz CT molecular complexity index is 258. The van der Waals surface area contributed by atoms with Crippen molar-refractivity contribution in [3.8, 4) is 0 Å². The van der Waals surface area contributed by atoms with Crippen LogP contribution < -0.4 is 5.32 Å². The lowest BCUT2D eigenvalue weighted by Gasteiger charge is -2.38. The maximum atomic E-state index is 12.3. The molecule has 2 aliphatic rings. The summed E-state index contributed by atoms with van der Waals surface area (Å²) in [7, 11) is 0. The summed E-state index contributed by atoms with van der Waals surface area (Å²) in [5.41, 5.74) is 0. The largest absolute Gasteiger partial charge is 0.339 e. The molecule has 1 amide bonds. The molecule has 2 rings (SSSR count). The van der Waals surface area contributed by atoms with Crippen LogP contribution in [0.3, 0.4) is 0 Å². The summed E-state index contributed by atoms with van der Waals surface area (Å²) in [5.74, 6) is 2.37. The van der Waals surface area contributed by atoms with Crippen molar-refractivity contribution < 1.29 is 4.79 Å². The van der Waals surface area contributed by atoms with Crippen LogP contribution in [-0.4, -0.2) is 72.0 Å². The first-order valence-electron chi connectivity index (χ1n) is 6.52. The lowest BCUT2D eigenvalue weighted by atomic mass is 10.2. The number of nitrogens with zero attached hydrogens (tertiary/aromatic N) is 2. The second-order valence-corrected chi connectivity index (χ2v) is 6.19. The Morgan fingerprint density at radius 3 is 2.53 bits per heavy atom. The number of carbonyl (C=O) groups excluding carboxylic acids is 1. The molecule has 0 aromatic rings. The van der Waals surface area contributed by atoms with Gasteiger partial charge < -0.3 is 10.2 Å². The highest BCUT2D eigenvalue weighted by atomic mass is 32.2. The third-order valence-corrected chi connectivity index (χ3v) is 4.64. The van der Waals surface area contributed by atoms with Gasteiger partial charge in [0.15, 0.2) is 0 Å². The zero-order valence-corrected chi connectivity index (χ0v) is 11.6. The van der Waals surface area contributed by atoms with Crippen molar-refractivity contribution in [2.75, 3.05) is 44.2 Å². The van der Waals surface area contributed by atoms with Gasteiger partial charge in [-0.15, -0.1) is 0 Å². The van der Waals surface area contributed by atoms with Crippen LogP contribution in [0, 0.1) is 0 Å². The summed E-state index contributed by atoms with van der Waals surface area (Å²) in [4.78, 5) is 16.7. The monoisotopic (exact) mass is 257 g/mol. The third-order valence-electron chi connectivity index (χ3n) is 3.58. The Labute approximate surface area is 108 Å². The van der Waals surface area contributed by atoms with Crippen molar-refractivity contribution >= 4 is 17.7 Å². The van der Waals surface area contributed by atoms with E-state index in [2.05, 4.69) is 24.1 Å². The topological polar surface area (TPSA) is 35.6 Å². The Balaban J connectivity index is 1.81. The summed E-state index contributed by atoms with van der Waals surface area (Å²) < 4.78 is 0. The molecule has 2 fully saturated rings. The van der Waals surface area contributed by atoms with Crippen molar-refractivity contribution in [3.63, 3.8) is 0 Å². The van der Waals surface area contributed by atoms with Gasteiger partial charge in [0.25, 0.3) is 0 Å². The highest BCUT2D eigenvalue weighted by Gasteiger charge is 2.28. The van der Waals surface area contributed by atoms with Gasteiger partial charge in [-0.05, 0) is 13.8 Å². The van der Waals surface area contributed by atoms with Gasteiger partial charge in [-0.1, -0.05) is 0 Å². The standard InChI is InChI=1S/C12H23N3OS/c1-10(2)14-4-6-15(7-5-14)12(16)11-9-17-8-3-13-11/h10-11,13H,3-9H2,1-2H3. The summed E-state index contributed by atoms with van der Waals surface area (Å²) in [5, 5.41) is 3.32. The number of hydrogen-bond donors (Lipinski definition) is 1. The summed E-state index contributed by atoms with van der Waals surface area (Å²) in [6.45, 7) is 9.22. The van der Waals surface area contributed by atoms with E-state index in [1.165, 1.54) is 0 Å². The molecule has 0 aromatic carbocycles. The van der Waals surface area contributed by atoms with Crippen molar-refractivity contribution in [1.29, 1.82) is 0 Å². The van der Waals surface area contributed by atoms with E-state index in [0.717, 1.165) is 44.2 Å². The van der Waals surface area contributed by atoms with Gasteiger partial charge in [-0.2, -0.15) is 11.8 Å². The van der Waals surface area contributed by atoms with Gasteiger partial charge in [0.05, 0.1) is 6.04 Å². The normalized spacial score (nSPS) is 27.5. The van der Waals surface area contributed by atoms with Crippen molar-refractivity contribution in [2.45, 2.75) is 25.9 Å². The van der Waals surface area contributed by atoms with Gasteiger partial charge in [-0.3, -0.25) is 9.69 Å². The predicted molar refractivity (Wildman–Crippen MR) is 72.4 cm³/mol. The number of thioether (sulfide) groups is 1. The third kappa shape index (κ3) is 3.36. The smallest absolute Gasteiger partial charge is 0.240 e. The molecule has 0 aromatic heterocycles. The quantitative estimate of drug-likeness (QED) is 0.769. The van der Waals surface area contributed by atoms with Crippen LogP contribution in [-0.2, 0) is 4.79 Å². The molecule has 0 spiro atoms. The summed E-state index contributed by atoms with van der Waals surface area (Å²) >= 11 is 1.88. The maximum Gasteiger partial charge on any atom is 0.240 e. The van der Waals surface area contributed by atoms with Crippen LogP contribution in [0.2, 0.25) is 0 Å². The maximum absolute atomic E-state index is 12.3. The van der Waals surface area contributed by atoms with E-state index in [4.69, 9.17) is 0 Å². The Morgan fingerprint density at radius 1 is 1.29 bits per heavy atom. The van der Waals surface area contributed by atoms with Crippen LogP contribution >= 0.6 is 11.8 Å². The molecule has 98 valence electrons. The molecular weight excluding hydrogens is 234 g/mol. The van der Waals surface area contributed by atoms with E-state index in [1.54, 1.807) is 0 Å². The Hall–Kier alpha value is -0.260. The van der Waals surface area contributed by atoms with Gasteiger partial charge in [0.1, 0.15) is 0 Å². The minimum atomic E-state index is 0.0550. The first kappa shape index (κ1) is 13.2. The molecular formula is C12H23N3OS. The lowest BCUT2D eigenvalue weighted by Crippen LogP contribution is -2.56. The Morgan fingerprint density at radius 2 is 2.00 bits per heavy atom. The number of carbonyl (C=O) groups is 1. The number of piperazine rings is 1. The second kappa shape index (κ2) is 6.07. The van der Waals surface area contributed by atoms with E-state index in [0.29, 0.717) is 11.9 Å². The minimum absolute atomic E-state index is 0.0550. The molecule has 2 heterocycles. The molecule has 2 aliphatic heterocycles. The first-order chi connectivity index (χ1) is 8.18. The first-order valence-corrected chi connectivity index (χ1v) is 7.68. The Kier molecular flexibility index (Phi) is 4.70. The number of amides is 1. The van der Waals surface area contributed by atoms with E-state index in [1.807, 2.05) is 16.7 Å². The molecule has 0 radical (unpaired) electrons. The SMILES string of the molecule is CC(C)N1CCN(C(=O)C2CSCCN2)CC1. The van der Waals surface area contributed by atoms with Gasteiger partial charge in [0, 0.05) is 50.3 Å². The number of hydrogen-bond acceptors (Lipinski definition) is 4. The number of nitrogens with one attached hydrogen (secondary N) is 1. The van der Waals surface area contributed by atoms with E-state index in [-0.39, 0.29) is 6.04 Å². The molecule has 5 heteroatoms. The lowest BCUT2D eigenvalue weighted by molar-refractivity contribution is -0.134. The molecule has 0 aliphatic carbocycles. The number of rotatable bonds is 2. The van der Waals surface area contributed by atoms with E-state index in [9.17, 15) is 4.79 Å². The molecule has 0 bridgehead atoms. The zero-order valence-electron chi connectivity index (χ0n) is 10.8. The molecule has 1 unspecified atom stereocenters. The van der Waals surface area contributed by atoms with Crippen LogP contribution in [0.5, 0.6) is 0 Å². The molecule has 1 N–H and O–H groups in total. The summed E-state index contributed by atoms with van der Waals surface area (Å²) in [6, 6.07) is 0.648. The average Bonchev–Trinajstić information content (AvgIpc) is 2.39. The van der Waals surface area contributed by atoms with Gasteiger partial charge in [-0.25, -0.2) is 0 Å².